The zero-order chi connectivity index (χ0) is 16.0. The summed E-state index contributed by atoms with van der Waals surface area (Å²) >= 11 is 5.92. The molecular weight excluding hydrogens is 290 g/mol. The minimum absolute atomic E-state index is 0.138. The van der Waals surface area contributed by atoms with Crippen molar-refractivity contribution in [1.82, 2.24) is 5.32 Å². The lowest BCUT2D eigenvalue weighted by Crippen LogP contribution is -2.43. The Morgan fingerprint density at radius 2 is 1.95 bits per heavy atom. The summed E-state index contributed by atoms with van der Waals surface area (Å²) < 4.78 is 0. The Labute approximate surface area is 130 Å². The lowest BCUT2D eigenvalue weighted by Gasteiger charge is -2.27. The predicted octanol–water partition coefficient (Wildman–Crippen LogP) is 3.45. The van der Waals surface area contributed by atoms with Crippen LogP contribution in [-0.2, 0) is 9.59 Å². The molecule has 1 atom stereocenters. The fraction of sp³-hybridized carbons (Fsp3) is 0.500. The number of hydrogen-bond acceptors (Lipinski definition) is 2. The number of rotatable bonds is 7. The SMILES string of the molecule is CCC(CC)(CNC(=O)C(C)c1cccc(Cl)c1)C(=O)O. The Morgan fingerprint density at radius 3 is 2.43 bits per heavy atom. The number of amides is 1. The summed E-state index contributed by atoms with van der Waals surface area (Å²) in [6.07, 6.45) is 0.954. The second-order valence-corrected chi connectivity index (χ2v) is 5.72. The highest BCUT2D eigenvalue weighted by Gasteiger charge is 2.35. The van der Waals surface area contributed by atoms with Gasteiger partial charge in [0.05, 0.1) is 11.3 Å². The Balaban J connectivity index is 2.75. The number of carbonyl (C=O) groups is 2. The molecule has 4 nitrogen and oxygen atoms in total. The number of carboxylic acids is 1. The van der Waals surface area contributed by atoms with E-state index in [9.17, 15) is 14.7 Å². The van der Waals surface area contributed by atoms with E-state index >= 15 is 0 Å². The van der Waals surface area contributed by atoms with Gasteiger partial charge in [0.1, 0.15) is 0 Å². The van der Waals surface area contributed by atoms with Crippen molar-refractivity contribution in [2.75, 3.05) is 6.54 Å². The van der Waals surface area contributed by atoms with E-state index in [0.29, 0.717) is 17.9 Å². The summed E-state index contributed by atoms with van der Waals surface area (Å²) in [4.78, 5) is 23.6. The Hall–Kier alpha value is -1.55. The van der Waals surface area contributed by atoms with E-state index in [1.807, 2.05) is 19.9 Å². The molecule has 0 aliphatic carbocycles. The lowest BCUT2D eigenvalue weighted by atomic mass is 9.82. The van der Waals surface area contributed by atoms with Crippen molar-refractivity contribution < 1.29 is 14.7 Å². The van der Waals surface area contributed by atoms with Crippen LogP contribution in [0.1, 0.15) is 45.1 Å². The van der Waals surface area contributed by atoms with Crippen LogP contribution in [0.3, 0.4) is 0 Å². The summed E-state index contributed by atoms with van der Waals surface area (Å²) in [5.41, 5.74) is -0.0853. The van der Waals surface area contributed by atoms with Gasteiger partial charge < -0.3 is 10.4 Å². The molecule has 0 saturated carbocycles. The van der Waals surface area contributed by atoms with Crippen LogP contribution in [0.25, 0.3) is 0 Å². The molecule has 0 fully saturated rings. The lowest BCUT2D eigenvalue weighted by molar-refractivity contribution is -0.149. The fourth-order valence-corrected chi connectivity index (χ4v) is 2.41. The van der Waals surface area contributed by atoms with Gasteiger partial charge in [-0.15, -0.1) is 0 Å². The second kappa shape index (κ2) is 7.46. The maximum Gasteiger partial charge on any atom is 0.311 e. The normalized spacial score (nSPS) is 12.8. The van der Waals surface area contributed by atoms with Gasteiger partial charge in [-0.3, -0.25) is 9.59 Å². The van der Waals surface area contributed by atoms with E-state index in [0.717, 1.165) is 5.56 Å². The zero-order valence-corrected chi connectivity index (χ0v) is 13.4. The number of carbonyl (C=O) groups excluding carboxylic acids is 1. The highest BCUT2D eigenvalue weighted by atomic mass is 35.5. The standard InChI is InChI=1S/C16H22ClNO3/c1-4-16(5-2,15(20)21)10-18-14(19)11(3)12-7-6-8-13(17)9-12/h6-9,11H,4-5,10H2,1-3H3,(H,18,19)(H,20,21). The van der Waals surface area contributed by atoms with Crippen LogP contribution in [-0.4, -0.2) is 23.5 Å². The van der Waals surface area contributed by atoms with Crippen LogP contribution in [0.2, 0.25) is 5.02 Å². The van der Waals surface area contributed by atoms with Crippen molar-refractivity contribution in [2.45, 2.75) is 39.5 Å². The molecule has 21 heavy (non-hydrogen) atoms. The number of benzene rings is 1. The van der Waals surface area contributed by atoms with Crippen LogP contribution in [0.5, 0.6) is 0 Å². The van der Waals surface area contributed by atoms with Crippen LogP contribution in [0.15, 0.2) is 24.3 Å². The van der Waals surface area contributed by atoms with Crippen molar-refractivity contribution in [3.8, 4) is 0 Å². The average molecular weight is 312 g/mol. The molecule has 2 N–H and O–H groups in total. The molecule has 0 saturated heterocycles. The minimum Gasteiger partial charge on any atom is -0.481 e. The highest BCUT2D eigenvalue weighted by molar-refractivity contribution is 6.30. The third-order valence-electron chi connectivity index (χ3n) is 4.15. The topological polar surface area (TPSA) is 66.4 Å². The van der Waals surface area contributed by atoms with Crippen molar-refractivity contribution in [2.24, 2.45) is 5.41 Å². The first-order valence-electron chi connectivity index (χ1n) is 7.13. The van der Waals surface area contributed by atoms with Gasteiger partial charge in [-0.2, -0.15) is 0 Å². The first kappa shape index (κ1) is 17.5. The van der Waals surface area contributed by atoms with Crippen LogP contribution in [0, 0.1) is 5.41 Å². The Kier molecular flexibility index (Phi) is 6.21. The molecule has 0 radical (unpaired) electrons. The molecule has 0 heterocycles. The third-order valence-corrected chi connectivity index (χ3v) is 4.39. The first-order valence-corrected chi connectivity index (χ1v) is 7.50. The smallest absolute Gasteiger partial charge is 0.311 e. The van der Waals surface area contributed by atoms with Crippen molar-refractivity contribution in [1.29, 1.82) is 0 Å². The van der Waals surface area contributed by atoms with Gasteiger partial charge in [-0.1, -0.05) is 37.6 Å². The van der Waals surface area contributed by atoms with Crippen LogP contribution < -0.4 is 5.32 Å². The van der Waals surface area contributed by atoms with E-state index in [1.54, 1.807) is 25.1 Å². The monoisotopic (exact) mass is 311 g/mol. The van der Waals surface area contributed by atoms with Gasteiger partial charge in [0, 0.05) is 11.6 Å². The number of halogens is 1. The third kappa shape index (κ3) is 4.21. The summed E-state index contributed by atoms with van der Waals surface area (Å²) in [7, 11) is 0. The molecule has 1 aromatic carbocycles. The largest absolute Gasteiger partial charge is 0.481 e. The molecule has 0 spiro atoms. The average Bonchev–Trinajstić information content (AvgIpc) is 2.47. The van der Waals surface area contributed by atoms with Crippen molar-refractivity contribution in [3.05, 3.63) is 34.9 Å². The highest BCUT2D eigenvalue weighted by Crippen LogP contribution is 2.26. The molecule has 1 rings (SSSR count). The summed E-state index contributed by atoms with van der Waals surface area (Å²) in [5, 5.41) is 12.7. The number of carboxylic acid groups (broad SMARTS) is 1. The van der Waals surface area contributed by atoms with E-state index in [-0.39, 0.29) is 18.4 Å². The second-order valence-electron chi connectivity index (χ2n) is 5.29. The molecule has 0 bridgehead atoms. The molecule has 0 aliphatic rings. The van der Waals surface area contributed by atoms with E-state index < -0.39 is 11.4 Å². The Bertz CT molecular complexity index is 512. The quantitative estimate of drug-likeness (QED) is 0.810. The van der Waals surface area contributed by atoms with Gasteiger partial charge in [0.15, 0.2) is 0 Å². The fourth-order valence-electron chi connectivity index (χ4n) is 2.21. The Morgan fingerprint density at radius 1 is 1.33 bits per heavy atom. The number of hydrogen-bond donors (Lipinski definition) is 2. The van der Waals surface area contributed by atoms with E-state index in [2.05, 4.69) is 5.32 Å². The molecule has 116 valence electrons. The van der Waals surface area contributed by atoms with Gasteiger partial charge in [-0.25, -0.2) is 0 Å². The summed E-state index contributed by atoms with van der Waals surface area (Å²) in [6, 6.07) is 7.12. The van der Waals surface area contributed by atoms with E-state index in [1.165, 1.54) is 0 Å². The first-order chi connectivity index (χ1) is 9.86. The maximum absolute atomic E-state index is 12.2. The molecule has 1 unspecified atom stereocenters. The van der Waals surface area contributed by atoms with E-state index in [4.69, 9.17) is 11.6 Å². The molecule has 0 aromatic heterocycles. The summed E-state index contributed by atoms with van der Waals surface area (Å²) in [6.45, 7) is 5.56. The van der Waals surface area contributed by atoms with Gasteiger partial charge >= 0.3 is 5.97 Å². The van der Waals surface area contributed by atoms with Crippen molar-refractivity contribution in [3.63, 3.8) is 0 Å². The molecule has 0 aliphatic heterocycles. The minimum atomic E-state index is -0.899. The van der Waals surface area contributed by atoms with Gasteiger partial charge in [-0.05, 0) is 37.5 Å². The number of aliphatic carboxylic acids is 1. The molecule has 1 amide bonds. The van der Waals surface area contributed by atoms with Crippen LogP contribution in [0.4, 0.5) is 0 Å². The summed E-state index contributed by atoms with van der Waals surface area (Å²) in [5.74, 6) is -1.43. The molecule has 5 heteroatoms. The van der Waals surface area contributed by atoms with Crippen molar-refractivity contribution >= 4 is 23.5 Å². The maximum atomic E-state index is 12.2. The number of nitrogens with one attached hydrogen (secondary N) is 1. The van der Waals surface area contributed by atoms with Gasteiger partial charge in [0.25, 0.3) is 0 Å². The van der Waals surface area contributed by atoms with Crippen LogP contribution >= 0.6 is 11.6 Å². The molecule has 1 aromatic rings. The van der Waals surface area contributed by atoms with Gasteiger partial charge in [0.2, 0.25) is 5.91 Å². The predicted molar refractivity (Wildman–Crippen MR) is 83.5 cm³/mol. The zero-order valence-electron chi connectivity index (χ0n) is 12.6. The molecular formula is C16H22ClNO3.